The molecule has 0 heterocycles. The van der Waals surface area contributed by atoms with Gasteiger partial charge in [0.15, 0.2) is 0 Å². The molecule has 0 aliphatic heterocycles. The standard InChI is InChI=1S/C64H68/c1-5-7-9-11-13-17-29-52-46-64(53(39-48(52)4)30-18-14-12-10-8-6-2)59-44-57(56-41-54(49-25-19-15-20-26-49)40-55(42-56)50-27-21-16-22-28-50)43-58(45-59)61-32-24-33-62-60(31-23-34-63(61)62)51-37-35-47(3)36-38-51/h15-16,19-28,31-46H,5-14,17-18,29-30H2,1-4H3. The van der Waals surface area contributed by atoms with Crippen molar-refractivity contribution < 1.29 is 0 Å². The lowest BCUT2D eigenvalue weighted by atomic mass is 9.85. The van der Waals surface area contributed by atoms with Gasteiger partial charge in [0.2, 0.25) is 0 Å². The molecular weight excluding hydrogens is 769 g/mol. The number of aryl methyl sites for hydroxylation is 4. The van der Waals surface area contributed by atoms with Gasteiger partial charge < -0.3 is 0 Å². The molecule has 8 aromatic rings. The van der Waals surface area contributed by atoms with Crippen LogP contribution in [0.15, 0.2) is 170 Å². The molecule has 0 atom stereocenters. The van der Waals surface area contributed by atoms with E-state index in [0.717, 1.165) is 12.8 Å². The van der Waals surface area contributed by atoms with Gasteiger partial charge >= 0.3 is 0 Å². The van der Waals surface area contributed by atoms with Crippen LogP contribution in [0.1, 0.15) is 113 Å². The summed E-state index contributed by atoms with van der Waals surface area (Å²) in [7, 11) is 0. The summed E-state index contributed by atoms with van der Waals surface area (Å²) in [5, 5.41) is 2.57. The Kier molecular flexibility index (Phi) is 15.4. The molecule has 0 unspecified atom stereocenters. The van der Waals surface area contributed by atoms with Crippen molar-refractivity contribution in [1.29, 1.82) is 0 Å². The van der Waals surface area contributed by atoms with E-state index in [-0.39, 0.29) is 0 Å². The predicted octanol–water partition coefficient (Wildman–Crippen LogP) is 19.3. The summed E-state index contributed by atoms with van der Waals surface area (Å²) in [5.41, 5.74) is 20.9. The summed E-state index contributed by atoms with van der Waals surface area (Å²) in [6.07, 6.45) is 17.9. The summed E-state index contributed by atoms with van der Waals surface area (Å²) >= 11 is 0. The number of rotatable bonds is 20. The maximum atomic E-state index is 2.60. The zero-order valence-corrected chi connectivity index (χ0v) is 39.1. The highest BCUT2D eigenvalue weighted by Crippen LogP contribution is 2.42. The zero-order chi connectivity index (χ0) is 44.1. The molecule has 0 amide bonds. The second kappa shape index (κ2) is 22.1. The molecule has 0 N–H and O–H groups in total. The van der Waals surface area contributed by atoms with Gasteiger partial charge in [-0.3, -0.25) is 0 Å². The third-order valence-corrected chi connectivity index (χ3v) is 13.5. The van der Waals surface area contributed by atoms with Crippen molar-refractivity contribution in [3.8, 4) is 66.8 Å². The van der Waals surface area contributed by atoms with Crippen LogP contribution in [0.5, 0.6) is 0 Å². The Morgan fingerprint density at radius 1 is 0.281 bits per heavy atom. The lowest BCUT2D eigenvalue weighted by Gasteiger charge is -2.19. The Balaban J connectivity index is 1.32. The van der Waals surface area contributed by atoms with Crippen molar-refractivity contribution in [2.75, 3.05) is 0 Å². The van der Waals surface area contributed by atoms with Gasteiger partial charge in [0.05, 0.1) is 0 Å². The minimum absolute atomic E-state index is 1.11. The van der Waals surface area contributed by atoms with Crippen LogP contribution in [0.25, 0.3) is 77.5 Å². The zero-order valence-electron chi connectivity index (χ0n) is 39.1. The topological polar surface area (TPSA) is 0 Å². The van der Waals surface area contributed by atoms with Gasteiger partial charge in [-0.2, -0.15) is 0 Å². The van der Waals surface area contributed by atoms with Crippen molar-refractivity contribution in [3.63, 3.8) is 0 Å². The van der Waals surface area contributed by atoms with Crippen LogP contribution < -0.4 is 0 Å². The number of unbranched alkanes of at least 4 members (excludes halogenated alkanes) is 10. The van der Waals surface area contributed by atoms with Gasteiger partial charge in [-0.15, -0.1) is 0 Å². The quantitative estimate of drug-likeness (QED) is 0.0671. The van der Waals surface area contributed by atoms with Crippen molar-refractivity contribution in [3.05, 3.63) is 192 Å². The normalized spacial score (nSPS) is 11.4. The highest BCUT2D eigenvalue weighted by atomic mass is 14.2. The molecule has 0 nitrogen and oxygen atoms in total. The molecule has 0 saturated heterocycles. The van der Waals surface area contributed by atoms with E-state index in [1.165, 1.54) is 177 Å². The fraction of sp³-hybridized carbons (Fsp3) is 0.281. The van der Waals surface area contributed by atoms with Gasteiger partial charge in [0, 0.05) is 0 Å². The van der Waals surface area contributed by atoms with E-state index in [2.05, 4.69) is 198 Å². The van der Waals surface area contributed by atoms with Gasteiger partial charge in [-0.25, -0.2) is 0 Å². The van der Waals surface area contributed by atoms with Crippen LogP contribution in [0.2, 0.25) is 0 Å². The first-order valence-electron chi connectivity index (χ1n) is 24.6. The second-order valence-electron chi connectivity index (χ2n) is 18.4. The molecule has 64 heavy (non-hydrogen) atoms. The first-order chi connectivity index (χ1) is 31.5. The fourth-order valence-corrected chi connectivity index (χ4v) is 9.79. The van der Waals surface area contributed by atoms with E-state index in [1.807, 2.05) is 0 Å². The van der Waals surface area contributed by atoms with Gasteiger partial charge in [0.1, 0.15) is 0 Å². The molecule has 324 valence electrons. The maximum Gasteiger partial charge on any atom is -0.00992 e. The molecule has 8 rings (SSSR count). The van der Waals surface area contributed by atoms with E-state index < -0.39 is 0 Å². The first-order valence-corrected chi connectivity index (χ1v) is 24.6. The second-order valence-corrected chi connectivity index (χ2v) is 18.4. The number of hydrogen-bond donors (Lipinski definition) is 0. The summed E-state index contributed by atoms with van der Waals surface area (Å²) in [6, 6.07) is 64.4. The fourth-order valence-electron chi connectivity index (χ4n) is 9.79. The van der Waals surface area contributed by atoms with E-state index in [1.54, 1.807) is 0 Å². The minimum Gasteiger partial charge on any atom is -0.0654 e. The van der Waals surface area contributed by atoms with Gasteiger partial charge in [-0.05, 0) is 170 Å². The Morgan fingerprint density at radius 2 is 0.703 bits per heavy atom. The van der Waals surface area contributed by atoms with Crippen molar-refractivity contribution in [1.82, 2.24) is 0 Å². The molecule has 0 heteroatoms. The molecular formula is C64H68. The molecule has 0 fully saturated rings. The minimum atomic E-state index is 1.11. The Hall–Kier alpha value is -5.98. The Labute approximate surface area is 385 Å². The van der Waals surface area contributed by atoms with Crippen LogP contribution in [-0.4, -0.2) is 0 Å². The molecule has 0 aliphatic rings. The summed E-state index contributed by atoms with van der Waals surface area (Å²) in [5.74, 6) is 0. The maximum absolute atomic E-state index is 2.60. The third kappa shape index (κ3) is 11.0. The van der Waals surface area contributed by atoms with E-state index >= 15 is 0 Å². The highest BCUT2D eigenvalue weighted by molar-refractivity contribution is 6.05. The monoisotopic (exact) mass is 837 g/mol. The van der Waals surface area contributed by atoms with E-state index in [0.29, 0.717) is 0 Å². The smallest absolute Gasteiger partial charge is 0.00992 e. The van der Waals surface area contributed by atoms with Crippen molar-refractivity contribution in [2.45, 2.75) is 118 Å². The molecule has 0 spiro atoms. The van der Waals surface area contributed by atoms with E-state index in [9.17, 15) is 0 Å². The lowest BCUT2D eigenvalue weighted by molar-refractivity contribution is 0.605. The third-order valence-electron chi connectivity index (χ3n) is 13.5. The summed E-state index contributed by atoms with van der Waals surface area (Å²) < 4.78 is 0. The Morgan fingerprint density at radius 3 is 1.23 bits per heavy atom. The first kappa shape index (κ1) is 44.6. The lowest BCUT2D eigenvalue weighted by Crippen LogP contribution is -1.99. The molecule has 0 saturated carbocycles. The number of benzene rings is 8. The van der Waals surface area contributed by atoms with Gasteiger partial charge in [-0.1, -0.05) is 217 Å². The predicted molar refractivity (Wildman–Crippen MR) is 280 cm³/mol. The number of fused-ring (bicyclic) bond motifs is 1. The van der Waals surface area contributed by atoms with Crippen LogP contribution in [-0.2, 0) is 12.8 Å². The van der Waals surface area contributed by atoms with Crippen LogP contribution in [0, 0.1) is 13.8 Å². The molecule has 8 aromatic carbocycles. The molecule has 0 radical (unpaired) electrons. The SMILES string of the molecule is CCCCCCCCc1cc(-c2cc(-c3cc(-c4ccccc4)cc(-c4ccccc4)c3)cc(-c3cccc4c(-c5ccc(C)cc5)cccc34)c2)c(CCCCCCCC)cc1C. The number of hydrogen-bond acceptors (Lipinski definition) is 0. The van der Waals surface area contributed by atoms with Crippen molar-refractivity contribution in [2.24, 2.45) is 0 Å². The highest BCUT2D eigenvalue weighted by Gasteiger charge is 2.17. The Bertz CT molecular complexity index is 2680. The average molecular weight is 837 g/mol. The van der Waals surface area contributed by atoms with Crippen LogP contribution in [0.4, 0.5) is 0 Å². The van der Waals surface area contributed by atoms with E-state index in [4.69, 9.17) is 0 Å². The molecule has 0 aromatic heterocycles. The summed E-state index contributed by atoms with van der Waals surface area (Å²) in [4.78, 5) is 0. The summed E-state index contributed by atoms with van der Waals surface area (Å²) in [6.45, 7) is 9.15. The molecule has 0 aliphatic carbocycles. The average Bonchev–Trinajstić information content (AvgIpc) is 3.34. The van der Waals surface area contributed by atoms with Crippen LogP contribution in [0.3, 0.4) is 0 Å². The van der Waals surface area contributed by atoms with Crippen molar-refractivity contribution >= 4 is 10.8 Å². The largest absolute Gasteiger partial charge is 0.0654 e. The molecule has 0 bridgehead atoms. The van der Waals surface area contributed by atoms with Crippen LogP contribution >= 0.6 is 0 Å². The van der Waals surface area contributed by atoms with Gasteiger partial charge in [0.25, 0.3) is 0 Å².